The van der Waals surface area contributed by atoms with Gasteiger partial charge >= 0.3 is 8.60 Å². The Morgan fingerprint density at radius 2 is 1.38 bits per heavy atom. The highest BCUT2D eigenvalue weighted by molar-refractivity contribution is 7.40. The molecule has 0 radical (unpaired) electrons. The number of aliphatic hydroxyl groups is 1. The Bertz CT molecular complexity index is 30.5. The summed E-state index contributed by atoms with van der Waals surface area (Å²) < 4.78 is 8.59. The van der Waals surface area contributed by atoms with Crippen LogP contribution in [0, 0.1) is 0 Å². The number of hydrogen-bond donors (Lipinski definition) is 2. The first kappa shape index (κ1) is 11.1. The maximum absolute atomic E-state index is 8.29. The molecule has 8 heavy (non-hydrogen) atoms. The van der Waals surface area contributed by atoms with Crippen molar-refractivity contribution in [1.82, 2.24) is 0 Å². The van der Waals surface area contributed by atoms with Crippen LogP contribution < -0.4 is 0 Å². The molecule has 0 aliphatic rings. The van der Waals surface area contributed by atoms with Crippen LogP contribution in [0.2, 0.25) is 0 Å². The van der Waals surface area contributed by atoms with Gasteiger partial charge < -0.3 is 19.0 Å². The van der Waals surface area contributed by atoms with Crippen molar-refractivity contribution in [1.29, 1.82) is 0 Å². The van der Waals surface area contributed by atoms with Gasteiger partial charge in [-0.2, -0.15) is 0 Å². The van der Waals surface area contributed by atoms with Gasteiger partial charge in [-0.05, 0) is 0 Å². The molecule has 0 amide bonds. The second-order valence-corrected chi connectivity index (χ2v) is 1.81. The molecule has 0 aromatic rings. The predicted molar refractivity (Wildman–Crippen MR) is 31.3 cm³/mol. The number of rotatable bonds is 2. The summed E-state index contributed by atoms with van der Waals surface area (Å²) in [5, 5.41) is 7.00. The normalized spacial score (nSPS) is 8.25. The fourth-order valence-corrected chi connectivity index (χ4v) is 0.224. The smallest absolute Gasteiger partial charge is 0.329 e. The highest BCUT2D eigenvalue weighted by Crippen LogP contribution is 2.28. The van der Waals surface area contributed by atoms with E-state index in [-0.39, 0.29) is 0 Å². The molecule has 0 atom stereocenters. The van der Waals surface area contributed by atoms with Crippen LogP contribution in [0.1, 0.15) is 0 Å². The summed E-state index contributed by atoms with van der Waals surface area (Å²) in [5.41, 5.74) is 0. The summed E-state index contributed by atoms with van der Waals surface area (Å²) in [4.78, 5) is 8.29. The van der Waals surface area contributed by atoms with Crippen LogP contribution in [0.4, 0.5) is 0 Å². The van der Waals surface area contributed by atoms with Gasteiger partial charge in [0.1, 0.15) is 0 Å². The standard InChI is InChI=1S/C2H7O3P.CH4O/c1-4-6(3)5-2;1-2/h3H,1-2H3;2H,1H3. The Labute approximate surface area is 50.1 Å². The van der Waals surface area contributed by atoms with Crippen LogP contribution in [0.25, 0.3) is 0 Å². The van der Waals surface area contributed by atoms with Crippen LogP contribution in [-0.4, -0.2) is 31.3 Å². The van der Waals surface area contributed by atoms with Gasteiger partial charge in [0.2, 0.25) is 0 Å². The minimum absolute atomic E-state index is 1.00. The molecule has 5 heteroatoms. The molecular weight excluding hydrogens is 131 g/mol. The van der Waals surface area contributed by atoms with Crippen molar-refractivity contribution in [2.24, 2.45) is 0 Å². The second kappa shape index (κ2) is 10.3. The van der Waals surface area contributed by atoms with E-state index in [0.717, 1.165) is 7.11 Å². The quantitative estimate of drug-likeness (QED) is 0.537. The molecule has 0 aromatic heterocycles. The molecular formula is C3H11O4P. The van der Waals surface area contributed by atoms with Crippen molar-refractivity contribution in [3.05, 3.63) is 0 Å². The zero-order valence-electron chi connectivity index (χ0n) is 5.16. The third-order valence-electron chi connectivity index (χ3n) is 0.312. The molecule has 0 rings (SSSR count). The van der Waals surface area contributed by atoms with E-state index >= 15 is 0 Å². The summed E-state index contributed by atoms with van der Waals surface area (Å²) in [6.45, 7) is 0. The maximum atomic E-state index is 8.29. The van der Waals surface area contributed by atoms with Gasteiger partial charge in [-0.25, -0.2) is 0 Å². The minimum Gasteiger partial charge on any atom is -0.400 e. The van der Waals surface area contributed by atoms with E-state index in [4.69, 9.17) is 10.00 Å². The van der Waals surface area contributed by atoms with Gasteiger partial charge in [0.25, 0.3) is 0 Å². The second-order valence-electron chi connectivity index (χ2n) is 0.603. The first-order valence-electron chi connectivity index (χ1n) is 1.83. The molecule has 4 nitrogen and oxygen atoms in total. The zero-order valence-corrected chi connectivity index (χ0v) is 6.05. The van der Waals surface area contributed by atoms with Gasteiger partial charge in [0, 0.05) is 21.3 Å². The monoisotopic (exact) mass is 142 g/mol. The molecule has 0 aliphatic heterocycles. The molecule has 52 valence electrons. The maximum Gasteiger partial charge on any atom is 0.329 e. The number of hydrogen-bond acceptors (Lipinski definition) is 4. The van der Waals surface area contributed by atoms with Crippen LogP contribution in [0.15, 0.2) is 0 Å². The fraction of sp³-hybridized carbons (Fsp3) is 1.00. The SMILES string of the molecule is CO.COP(O)OC. The fourth-order valence-electron chi connectivity index (χ4n) is 0.0745. The summed E-state index contributed by atoms with van der Waals surface area (Å²) in [5.74, 6) is 0. The largest absolute Gasteiger partial charge is 0.400 e. The average Bonchev–Trinajstić information content (AvgIpc) is 1.91. The van der Waals surface area contributed by atoms with E-state index in [1.54, 1.807) is 0 Å². The van der Waals surface area contributed by atoms with Crippen molar-refractivity contribution in [3.8, 4) is 0 Å². The van der Waals surface area contributed by atoms with E-state index in [1.807, 2.05) is 0 Å². The van der Waals surface area contributed by atoms with Gasteiger partial charge in [-0.3, -0.25) is 0 Å². The van der Waals surface area contributed by atoms with Crippen LogP contribution in [0.3, 0.4) is 0 Å². The Morgan fingerprint density at radius 1 is 1.12 bits per heavy atom. The van der Waals surface area contributed by atoms with Crippen molar-refractivity contribution in [3.63, 3.8) is 0 Å². The lowest BCUT2D eigenvalue weighted by molar-refractivity contribution is 0.271. The lowest BCUT2D eigenvalue weighted by Gasteiger charge is -1.98. The topological polar surface area (TPSA) is 58.9 Å². The first-order chi connectivity index (χ1) is 3.81. The molecule has 0 aliphatic carbocycles. The van der Waals surface area contributed by atoms with Crippen LogP contribution >= 0.6 is 8.60 Å². The molecule has 0 heterocycles. The van der Waals surface area contributed by atoms with Gasteiger partial charge in [0.05, 0.1) is 0 Å². The summed E-state index contributed by atoms with van der Waals surface area (Å²) >= 11 is 0. The van der Waals surface area contributed by atoms with Crippen LogP contribution in [-0.2, 0) is 9.05 Å². The zero-order chi connectivity index (χ0) is 6.99. The van der Waals surface area contributed by atoms with E-state index < -0.39 is 8.60 Å². The Balaban J connectivity index is 0. The van der Waals surface area contributed by atoms with Crippen molar-refractivity contribution in [2.75, 3.05) is 21.3 Å². The lowest BCUT2D eigenvalue weighted by atomic mass is 11.8. The van der Waals surface area contributed by atoms with Crippen molar-refractivity contribution in [2.45, 2.75) is 0 Å². The van der Waals surface area contributed by atoms with Crippen molar-refractivity contribution < 1.29 is 19.0 Å². The number of aliphatic hydroxyl groups excluding tert-OH is 1. The summed E-state index contributed by atoms with van der Waals surface area (Å²) in [6.07, 6.45) is 0. The van der Waals surface area contributed by atoms with Gasteiger partial charge in [0.15, 0.2) is 0 Å². The van der Waals surface area contributed by atoms with Crippen molar-refractivity contribution >= 4 is 8.60 Å². The Kier molecular flexibility index (Phi) is 14.3. The molecule has 0 bridgehead atoms. The van der Waals surface area contributed by atoms with Gasteiger partial charge in [-0.1, -0.05) is 0 Å². The third-order valence-corrected chi connectivity index (χ3v) is 0.937. The molecule has 0 fully saturated rings. The summed E-state index contributed by atoms with van der Waals surface area (Å²) in [6, 6.07) is 0. The van der Waals surface area contributed by atoms with Crippen LogP contribution in [0.5, 0.6) is 0 Å². The van der Waals surface area contributed by atoms with Gasteiger partial charge in [-0.15, -0.1) is 0 Å². The first-order valence-corrected chi connectivity index (χ1v) is 2.96. The molecule has 0 saturated heterocycles. The Morgan fingerprint density at radius 3 is 1.38 bits per heavy atom. The van der Waals surface area contributed by atoms with E-state index in [1.165, 1.54) is 14.2 Å². The molecule has 0 spiro atoms. The van der Waals surface area contributed by atoms with E-state index in [2.05, 4.69) is 9.05 Å². The molecule has 0 aromatic carbocycles. The molecule has 0 unspecified atom stereocenters. The summed E-state index contributed by atoms with van der Waals surface area (Å²) in [7, 11) is 2.19. The highest BCUT2D eigenvalue weighted by Gasteiger charge is 1.94. The third kappa shape index (κ3) is 9.55. The van der Waals surface area contributed by atoms with E-state index in [9.17, 15) is 0 Å². The molecule has 2 N–H and O–H groups in total. The van der Waals surface area contributed by atoms with E-state index in [0.29, 0.717) is 0 Å². The molecule has 0 saturated carbocycles. The average molecular weight is 142 g/mol. The highest BCUT2D eigenvalue weighted by atomic mass is 31.2. The lowest BCUT2D eigenvalue weighted by Crippen LogP contribution is -1.75. The predicted octanol–water partition coefficient (Wildman–Crippen LogP) is 0.107. The minimum atomic E-state index is -1.58. The Hall–Kier alpha value is 0.270.